The fourth-order valence-corrected chi connectivity index (χ4v) is 3.61. The molecule has 0 amide bonds. The van der Waals surface area contributed by atoms with Crippen LogP contribution in [0.3, 0.4) is 0 Å². The Morgan fingerprint density at radius 2 is 2.07 bits per heavy atom. The maximum absolute atomic E-state index is 12.4. The van der Waals surface area contributed by atoms with Crippen LogP contribution >= 0.6 is 15.9 Å². The summed E-state index contributed by atoms with van der Waals surface area (Å²) in [7, 11) is 0. The Hall–Kier alpha value is -2.65. The molecule has 27 heavy (non-hydrogen) atoms. The zero-order valence-electron chi connectivity index (χ0n) is 14.1. The van der Waals surface area contributed by atoms with Crippen LogP contribution in [-0.2, 0) is 0 Å². The number of ether oxygens (including phenoxy) is 1. The van der Waals surface area contributed by atoms with Gasteiger partial charge in [0.1, 0.15) is 17.2 Å². The van der Waals surface area contributed by atoms with E-state index in [0.717, 1.165) is 35.8 Å². The van der Waals surface area contributed by atoms with Gasteiger partial charge in [-0.15, -0.1) is 0 Å². The van der Waals surface area contributed by atoms with E-state index in [1.807, 2.05) is 12.1 Å². The molecule has 4 aromatic rings. The molecule has 138 valence electrons. The summed E-state index contributed by atoms with van der Waals surface area (Å²) in [5, 5.41) is 7.98. The van der Waals surface area contributed by atoms with Crippen LogP contribution in [0.5, 0.6) is 5.88 Å². The second kappa shape index (κ2) is 6.50. The van der Waals surface area contributed by atoms with Gasteiger partial charge in [0.05, 0.1) is 6.07 Å². The molecule has 8 nitrogen and oxygen atoms in total. The van der Waals surface area contributed by atoms with Crippen LogP contribution in [0.4, 0.5) is 0 Å². The van der Waals surface area contributed by atoms with Crippen molar-refractivity contribution in [3.05, 3.63) is 39.1 Å². The number of nitrogens with one attached hydrogen (secondary N) is 2. The van der Waals surface area contributed by atoms with Crippen LogP contribution in [0.2, 0.25) is 0 Å². The molecule has 9 heteroatoms. The number of hydrogen-bond acceptors (Lipinski definition) is 7. The summed E-state index contributed by atoms with van der Waals surface area (Å²) < 4.78 is 17.7. The largest absolute Gasteiger partial charge is 0.472 e. The van der Waals surface area contributed by atoms with Crippen molar-refractivity contribution in [3.8, 4) is 17.5 Å². The smallest absolute Gasteiger partial charge is 0.294 e. The Morgan fingerprint density at radius 1 is 1.22 bits per heavy atom. The summed E-state index contributed by atoms with van der Waals surface area (Å²) >= 11 is 3.43. The van der Waals surface area contributed by atoms with E-state index in [2.05, 4.69) is 36.4 Å². The van der Waals surface area contributed by atoms with Crippen molar-refractivity contribution >= 4 is 38.0 Å². The molecule has 1 aliphatic rings. The lowest BCUT2D eigenvalue weighted by molar-refractivity contribution is 0.149. The predicted molar refractivity (Wildman–Crippen MR) is 102 cm³/mol. The number of benzene rings is 1. The molecule has 3 aromatic heterocycles. The van der Waals surface area contributed by atoms with Gasteiger partial charge in [-0.1, -0.05) is 15.9 Å². The molecule has 0 saturated carbocycles. The number of hydrogen-bond donors (Lipinski definition) is 2. The third-order valence-electron chi connectivity index (χ3n) is 4.58. The summed E-state index contributed by atoms with van der Waals surface area (Å²) in [6.45, 7) is 1.84. The molecule has 4 heterocycles. The Bertz CT molecular complexity index is 1190. The molecule has 5 rings (SSSR count). The molecule has 0 spiro atoms. The van der Waals surface area contributed by atoms with E-state index < -0.39 is 0 Å². The van der Waals surface area contributed by atoms with E-state index in [1.54, 1.807) is 12.1 Å². The predicted octanol–water partition coefficient (Wildman–Crippen LogP) is 3.22. The highest BCUT2D eigenvalue weighted by molar-refractivity contribution is 9.10. The molecule has 0 atom stereocenters. The van der Waals surface area contributed by atoms with Crippen molar-refractivity contribution in [3.63, 3.8) is 0 Å². The molecule has 1 aliphatic heterocycles. The quantitative estimate of drug-likeness (QED) is 0.513. The highest BCUT2D eigenvalue weighted by Gasteiger charge is 2.19. The summed E-state index contributed by atoms with van der Waals surface area (Å²) in [4.78, 5) is 19.7. The third-order valence-corrected chi connectivity index (χ3v) is 5.07. The number of furan rings is 1. The number of fused-ring (bicyclic) bond motifs is 3. The third kappa shape index (κ3) is 3.02. The number of rotatable bonds is 3. The van der Waals surface area contributed by atoms with Crippen molar-refractivity contribution in [1.82, 2.24) is 20.4 Å². The molecular formula is C18H15BrN4O4. The fourth-order valence-electron chi connectivity index (χ4n) is 3.25. The number of halogens is 1. The van der Waals surface area contributed by atoms with Crippen molar-refractivity contribution in [2.45, 2.75) is 18.9 Å². The van der Waals surface area contributed by atoms with E-state index in [0.29, 0.717) is 22.7 Å². The average Bonchev–Trinajstić information content (AvgIpc) is 3.27. The lowest BCUT2D eigenvalue weighted by Crippen LogP contribution is -2.34. The van der Waals surface area contributed by atoms with Gasteiger partial charge in [0.15, 0.2) is 5.82 Å². The monoisotopic (exact) mass is 430 g/mol. The average molecular weight is 431 g/mol. The second-order valence-electron chi connectivity index (χ2n) is 6.43. The fraction of sp³-hybridized carbons (Fsp3) is 0.278. The minimum Gasteiger partial charge on any atom is -0.472 e. The van der Waals surface area contributed by atoms with E-state index in [9.17, 15) is 4.79 Å². The lowest BCUT2D eigenvalue weighted by atomic mass is 10.1. The van der Waals surface area contributed by atoms with Gasteiger partial charge in [-0.05, 0) is 49.3 Å². The van der Waals surface area contributed by atoms with Crippen molar-refractivity contribution in [1.29, 1.82) is 0 Å². The van der Waals surface area contributed by atoms with Crippen molar-refractivity contribution in [2.24, 2.45) is 0 Å². The first-order chi connectivity index (χ1) is 13.2. The first-order valence-corrected chi connectivity index (χ1v) is 9.43. The molecule has 0 bridgehead atoms. The van der Waals surface area contributed by atoms with Gasteiger partial charge < -0.3 is 24.0 Å². The minimum atomic E-state index is -0.375. The number of H-pyrrole nitrogens is 1. The maximum Gasteiger partial charge on any atom is 0.294 e. The summed E-state index contributed by atoms with van der Waals surface area (Å²) in [5.74, 6) is 1.00. The number of piperidine rings is 1. The minimum absolute atomic E-state index is 0.105. The summed E-state index contributed by atoms with van der Waals surface area (Å²) in [5.41, 5.74) is 0.871. The molecule has 0 radical (unpaired) electrons. The van der Waals surface area contributed by atoms with Crippen LogP contribution < -0.4 is 15.6 Å². The number of aromatic amines is 1. The van der Waals surface area contributed by atoms with Gasteiger partial charge in [0, 0.05) is 9.86 Å². The normalized spacial score (nSPS) is 15.6. The van der Waals surface area contributed by atoms with Gasteiger partial charge >= 0.3 is 0 Å². The highest BCUT2D eigenvalue weighted by atomic mass is 79.9. The molecular weight excluding hydrogens is 416 g/mol. The van der Waals surface area contributed by atoms with Gasteiger partial charge in [0.25, 0.3) is 11.4 Å². The van der Waals surface area contributed by atoms with Crippen LogP contribution in [0.15, 0.2) is 42.5 Å². The maximum atomic E-state index is 12.4. The Kier molecular flexibility index (Phi) is 3.98. The zero-order chi connectivity index (χ0) is 18.4. The van der Waals surface area contributed by atoms with Gasteiger partial charge in [-0.25, -0.2) is 4.98 Å². The molecule has 2 N–H and O–H groups in total. The van der Waals surface area contributed by atoms with Crippen molar-refractivity contribution in [2.75, 3.05) is 13.1 Å². The zero-order valence-corrected chi connectivity index (χ0v) is 15.7. The van der Waals surface area contributed by atoms with Crippen molar-refractivity contribution < 1.29 is 13.7 Å². The van der Waals surface area contributed by atoms with Crippen LogP contribution in [0.1, 0.15) is 12.8 Å². The Morgan fingerprint density at radius 3 is 2.93 bits per heavy atom. The molecule has 1 fully saturated rings. The highest BCUT2D eigenvalue weighted by Crippen LogP contribution is 2.29. The van der Waals surface area contributed by atoms with E-state index >= 15 is 0 Å². The van der Waals surface area contributed by atoms with Crippen LogP contribution in [0, 0.1) is 0 Å². The van der Waals surface area contributed by atoms with E-state index in [1.165, 1.54) is 0 Å². The van der Waals surface area contributed by atoms with Gasteiger partial charge in [-0.3, -0.25) is 4.79 Å². The second-order valence-corrected chi connectivity index (χ2v) is 7.35. The Labute approximate surface area is 161 Å². The molecule has 0 unspecified atom stereocenters. The summed E-state index contributed by atoms with van der Waals surface area (Å²) in [6.07, 6.45) is 1.94. The van der Waals surface area contributed by atoms with E-state index in [4.69, 9.17) is 13.7 Å². The van der Waals surface area contributed by atoms with Crippen LogP contribution in [0.25, 0.3) is 33.7 Å². The molecule has 1 aromatic carbocycles. The summed E-state index contributed by atoms with van der Waals surface area (Å²) in [6, 6.07) is 7.15. The van der Waals surface area contributed by atoms with Crippen LogP contribution in [-0.4, -0.2) is 34.3 Å². The standard InChI is InChI=1S/C18H15BrN4O4/c19-9-1-2-12-11(7-9)15-16(26-12)18(24)22-17(21-15)13-8-14(23-27-13)25-10-3-5-20-6-4-10/h1-2,7-8,10,20H,3-6H2,(H,21,22,24). The van der Waals surface area contributed by atoms with E-state index in [-0.39, 0.29) is 23.1 Å². The van der Waals surface area contributed by atoms with Gasteiger partial charge in [-0.2, -0.15) is 0 Å². The number of nitrogens with zero attached hydrogens (tertiary/aromatic N) is 2. The first-order valence-electron chi connectivity index (χ1n) is 8.64. The number of aromatic nitrogens is 3. The Balaban J connectivity index is 1.54. The SMILES string of the molecule is O=c1[nH]c(-c2cc(OC3CCNCC3)no2)nc2c1oc1ccc(Br)cc12. The molecule has 0 aliphatic carbocycles. The lowest BCUT2D eigenvalue weighted by Gasteiger charge is -2.22. The van der Waals surface area contributed by atoms with Gasteiger partial charge in [0.2, 0.25) is 11.3 Å². The molecule has 1 saturated heterocycles. The topological polar surface area (TPSA) is 106 Å². The first kappa shape index (κ1) is 16.5.